The predicted molar refractivity (Wildman–Crippen MR) is 59.2 cm³/mol. The van der Waals surface area contributed by atoms with Crippen LogP contribution in [0.4, 0.5) is 4.79 Å². The van der Waals surface area contributed by atoms with E-state index in [1.807, 2.05) is 0 Å². The molecule has 0 saturated heterocycles. The van der Waals surface area contributed by atoms with Crippen LogP contribution in [0.2, 0.25) is 0 Å². The summed E-state index contributed by atoms with van der Waals surface area (Å²) >= 11 is 0. The van der Waals surface area contributed by atoms with E-state index in [0.717, 1.165) is 0 Å². The van der Waals surface area contributed by atoms with E-state index in [1.165, 1.54) is 0 Å². The highest BCUT2D eigenvalue weighted by atomic mass is 31.2. The zero-order valence-electron chi connectivity index (χ0n) is 9.69. The van der Waals surface area contributed by atoms with E-state index < -0.39 is 25.6 Å². The fourth-order valence-electron chi connectivity index (χ4n) is 0.792. The Morgan fingerprint density at radius 3 is 2.31 bits per heavy atom. The second kappa shape index (κ2) is 6.20. The highest BCUT2D eigenvalue weighted by Gasteiger charge is 2.15. The minimum absolute atomic E-state index is 0.245. The third-order valence-corrected chi connectivity index (χ3v) is 1.92. The van der Waals surface area contributed by atoms with Crippen molar-refractivity contribution in [2.75, 3.05) is 19.4 Å². The minimum Gasteiger partial charge on any atom is -0.444 e. The van der Waals surface area contributed by atoms with Crippen LogP contribution in [0.5, 0.6) is 0 Å². The molecule has 8 heteroatoms. The smallest absolute Gasteiger partial charge is 0.407 e. The molecule has 0 fully saturated rings. The number of nitrogens with one attached hydrogen (secondary N) is 2. The van der Waals surface area contributed by atoms with Crippen LogP contribution < -0.4 is 10.6 Å². The van der Waals surface area contributed by atoms with Gasteiger partial charge in [-0.05, 0) is 20.8 Å². The fraction of sp³-hybridized carbons (Fsp3) is 0.875. The molecule has 0 aliphatic carbocycles. The molecule has 0 saturated carbocycles. The van der Waals surface area contributed by atoms with Crippen LogP contribution in [0, 0.1) is 0 Å². The number of rotatable bonds is 5. The predicted octanol–water partition coefficient (Wildman–Crippen LogP) is 0.236. The van der Waals surface area contributed by atoms with Crippen LogP contribution in [-0.2, 0) is 9.30 Å². The van der Waals surface area contributed by atoms with Crippen LogP contribution in [0.25, 0.3) is 0 Å². The molecule has 0 aliphatic rings. The molecule has 0 aromatic heterocycles. The molecule has 0 radical (unpaired) electrons. The Balaban J connectivity index is 3.53. The first-order valence-electron chi connectivity index (χ1n) is 4.82. The van der Waals surface area contributed by atoms with Gasteiger partial charge in [-0.1, -0.05) is 0 Å². The summed E-state index contributed by atoms with van der Waals surface area (Å²) < 4.78 is 15.4. The van der Waals surface area contributed by atoms with Crippen molar-refractivity contribution in [3.8, 4) is 0 Å². The molecule has 96 valence electrons. The van der Waals surface area contributed by atoms with Crippen molar-refractivity contribution in [1.82, 2.24) is 10.6 Å². The molecule has 16 heavy (non-hydrogen) atoms. The topological polar surface area (TPSA) is 108 Å². The summed E-state index contributed by atoms with van der Waals surface area (Å²) in [5.74, 6) is 0. The van der Waals surface area contributed by atoms with Gasteiger partial charge in [0, 0.05) is 13.1 Å². The molecule has 0 bridgehead atoms. The van der Waals surface area contributed by atoms with Crippen molar-refractivity contribution in [3.05, 3.63) is 0 Å². The summed E-state index contributed by atoms with van der Waals surface area (Å²) in [5, 5.41) is 4.96. The van der Waals surface area contributed by atoms with Crippen molar-refractivity contribution in [1.29, 1.82) is 0 Å². The van der Waals surface area contributed by atoms with Crippen molar-refractivity contribution >= 4 is 13.7 Å². The molecule has 0 aromatic carbocycles. The molecular formula is C8H19N2O5P. The van der Waals surface area contributed by atoms with Crippen molar-refractivity contribution < 1.29 is 23.9 Å². The first-order valence-corrected chi connectivity index (χ1v) is 6.62. The third-order valence-electron chi connectivity index (χ3n) is 1.29. The normalized spacial score (nSPS) is 12.3. The maximum Gasteiger partial charge on any atom is 0.407 e. The van der Waals surface area contributed by atoms with E-state index in [-0.39, 0.29) is 13.1 Å². The van der Waals surface area contributed by atoms with Gasteiger partial charge in [0.2, 0.25) is 0 Å². The number of carbonyl (C=O) groups is 1. The van der Waals surface area contributed by atoms with Crippen molar-refractivity contribution in [3.63, 3.8) is 0 Å². The summed E-state index contributed by atoms with van der Waals surface area (Å²) in [6.45, 7) is 5.76. The Bertz CT molecular complexity index is 270. The molecule has 0 aliphatic heterocycles. The molecule has 0 heterocycles. The van der Waals surface area contributed by atoms with Crippen LogP contribution in [-0.4, -0.2) is 40.9 Å². The third kappa shape index (κ3) is 11.5. The van der Waals surface area contributed by atoms with Gasteiger partial charge >= 0.3 is 13.7 Å². The zero-order chi connectivity index (χ0) is 12.8. The SMILES string of the molecule is CC(C)(C)OC(=O)NCCNCP(=O)(O)O. The highest BCUT2D eigenvalue weighted by Crippen LogP contribution is 2.31. The van der Waals surface area contributed by atoms with Gasteiger partial charge in [0.05, 0.1) is 6.29 Å². The molecule has 1 amide bonds. The maximum atomic E-state index is 11.1. The molecule has 0 rings (SSSR count). The van der Waals surface area contributed by atoms with Crippen LogP contribution in [0.15, 0.2) is 0 Å². The van der Waals surface area contributed by atoms with Crippen LogP contribution >= 0.6 is 7.60 Å². The van der Waals surface area contributed by atoms with E-state index >= 15 is 0 Å². The van der Waals surface area contributed by atoms with Gasteiger partial charge in [-0.3, -0.25) is 4.57 Å². The lowest BCUT2D eigenvalue weighted by molar-refractivity contribution is 0.0528. The summed E-state index contributed by atoms with van der Waals surface area (Å²) in [5.41, 5.74) is -0.552. The maximum absolute atomic E-state index is 11.1. The fourth-order valence-corrected chi connectivity index (χ4v) is 1.24. The lowest BCUT2D eigenvalue weighted by atomic mass is 10.2. The highest BCUT2D eigenvalue weighted by molar-refractivity contribution is 7.51. The average Bonchev–Trinajstić information content (AvgIpc) is 1.97. The van der Waals surface area contributed by atoms with Gasteiger partial charge in [-0.15, -0.1) is 0 Å². The zero-order valence-corrected chi connectivity index (χ0v) is 10.6. The van der Waals surface area contributed by atoms with Gasteiger partial charge in [-0.2, -0.15) is 0 Å². The van der Waals surface area contributed by atoms with Gasteiger partial charge in [-0.25, -0.2) is 4.79 Å². The molecule has 4 N–H and O–H groups in total. The molecular weight excluding hydrogens is 235 g/mol. The summed E-state index contributed by atoms with van der Waals surface area (Å²) in [6.07, 6.45) is -0.950. The van der Waals surface area contributed by atoms with E-state index in [9.17, 15) is 9.36 Å². The number of hydrogen-bond acceptors (Lipinski definition) is 4. The molecule has 0 atom stereocenters. The molecule has 0 unspecified atom stereocenters. The lowest BCUT2D eigenvalue weighted by Crippen LogP contribution is -2.36. The molecule has 0 spiro atoms. The van der Waals surface area contributed by atoms with Gasteiger partial charge in [0.25, 0.3) is 0 Å². The van der Waals surface area contributed by atoms with E-state index in [0.29, 0.717) is 0 Å². The Labute approximate surface area is 94.7 Å². The summed E-state index contributed by atoms with van der Waals surface area (Å²) in [6, 6.07) is 0. The average molecular weight is 254 g/mol. The van der Waals surface area contributed by atoms with Gasteiger partial charge in [0.15, 0.2) is 0 Å². The van der Waals surface area contributed by atoms with Crippen LogP contribution in [0.1, 0.15) is 20.8 Å². The van der Waals surface area contributed by atoms with Crippen LogP contribution in [0.3, 0.4) is 0 Å². The van der Waals surface area contributed by atoms with E-state index in [2.05, 4.69) is 10.6 Å². The van der Waals surface area contributed by atoms with Gasteiger partial charge in [0.1, 0.15) is 5.60 Å². The second-order valence-electron chi connectivity index (χ2n) is 4.25. The Kier molecular flexibility index (Phi) is 5.96. The summed E-state index contributed by atoms with van der Waals surface area (Å²) in [4.78, 5) is 28.1. The van der Waals surface area contributed by atoms with Crippen molar-refractivity contribution in [2.24, 2.45) is 0 Å². The number of hydrogen-bond donors (Lipinski definition) is 4. The van der Waals surface area contributed by atoms with E-state index in [4.69, 9.17) is 14.5 Å². The first kappa shape index (κ1) is 15.4. The first-order chi connectivity index (χ1) is 7.10. The second-order valence-corrected chi connectivity index (χ2v) is 5.90. The number of amides is 1. The summed E-state index contributed by atoms with van der Waals surface area (Å²) in [7, 11) is -4.02. The monoisotopic (exact) mass is 254 g/mol. The minimum atomic E-state index is -4.02. The quantitative estimate of drug-likeness (QED) is 0.413. The Morgan fingerprint density at radius 2 is 1.88 bits per heavy atom. The Hall–Kier alpha value is -0.620. The number of carbonyl (C=O) groups excluding carboxylic acids is 1. The molecule has 0 aromatic rings. The Morgan fingerprint density at radius 1 is 1.31 bits per heavy atom. The van der Waals surface area contributed by atoms with Gasteiger partial charge < -0.3 is 25.2 Å². The van der Waals surface area contributed by atoms with E-state index in [1.54, 1.807) is 20.8 Å². The largest absolute Gasteiger partial charge is 0.444 e. The lowest BCUT2D eigenvalue weighted by Gasteiger charge is -2.19. The van der Waals surface area contributed by atoms with Crippen molar-refractivity contribution in [2.45, 2.75) is 26.4 Å². The molecule has 7 nitrogen and oxygen atoms in total. The standard InChI is InChI=1S/C8H19N2O5P/c1-8(2,3)15-7(11)10-5-4-9-6-16(12,13)14/h9H,4-6H2,1-3H3,(H,10,11)(H2,12,13,14). The number of alkyl carbamates (subject to hydrolysis) is 1. The number of ether oxygens (including phenoxy) is 1.